The van der Waals surface area contributed by atoms with Gasteiger partial charge in [0.25, 0.3) is 5.69 Å². The topological polar surface area (TPSA) is 67.6 Å². The van der Waals surface area contributed by atoms with Gasteiger partial charge in [0, 0.05) is 30.8 Å². The number of nitro groups is 1. The van der Waals surface area contributed by atoms with E-state index in [9.17, 15) is 10.1 Å². The van der Waals surface area contributed by atoms with Crippen LogP contribution in [0, 0.1) is 10.1 Å². The van der Waals surface area contributed by atoms with E-state index in [-0.39, 0.29) is 10.6 Å². The average molecular weight is 293 g/mol. The first-order valence-corrected chi connectivity index (χ1v) is 7.48. The molecule has 0 unspecified atom stereocenters. The maximum Gasteiger partial charge on any atom is 0.270 e. The molecule has 1 fully saturated rings. The molecule has 0 bridgehead atoms. The van der Waals surface area contributed by atoms with Gasteiger partial charge in [-0.05, 0) is 45.5 Å². The third kappa shape index (κ3) is 4.68. The lowest BCUT2D eigenvalue weighted by Gasteiger charge is -2.15. The first-order chi connectivity index (χ1) is 10.2. The summed E-state index contributed by atoms with van der Waals surface area (Å²) in [6.45, 7) is 4.66. The summed E-state index contributed by atoms with van der Waals surface area (Å²) in [6.07, 6.45) is 3.58. The molecule has 0 aliphatic carbocycles. The molecule has 1 aromatic carbocycles. The average Bonchev–Trinajstić information content (AvgIpc) is 2.98. The Morgan fingerprint density at radius 2 is 2.14 bits per heavy atom. The molecule has 1 heterocycles. The zero-order valence-electron chi connectivity index (χ0n) is 12.5. The minimum Gasteiger partial charge on any atom is -0.493 e. The molecule has 0 radical (unpaired) electrons. The van der Waals surface area contributed by atoms with Crippen LogP contribution in [0.5, 0.6) is 5.75 Å². The molecule has 0 atom stereocenters. The van der Waals surface area contributed by atoms with Crippen molar-refractivity contribution in [3.05, 3.63) is 33.9 Å². The standard InChI is InChI=1S/C15H23N3O3/c1-16-12-13-11-14(18(19)20)5-6-15(13)21-10-4-9-17-7-2-3-8-17/h5-6,11,16H,2-4,7-10,12H2,1H3. The largest absolute Gasteiger partial charge is 0.493 e. The molecule has 0 aromatic heterocycles. The first kappa shape index (κ1) is 15.7. The van der Waals surface area contributed by atoms with Crippen LogP contribution in [0.15, 0.2) is 18.2 Å². The van der Waals surface area contributed by atoms with E-state index >= 15 is 0 Å². The SMILES string of the molecule is CNCc1cc([N+](=O)[O-])ccc1OCCCN1CCCC1. The Labute approximate surface area is 125 Å². The number of nitro benzene ring substituents is 1. The quantitative estimate of drug-likeness (QED) is 0.452. The van der Waals surface area contributed by atoms with Gasteiger partial charge >= 0.3 is 0 Å². The number of nitrogens with one attached hydrogen (secondary N) is 1. The van der Waals surface area contributed by atoms with Crippen molar-refractivity contribution in [2.75, 3.05) is 33.3 Å². The van der Waals surface area contributed by atoms with Gasteiger partial charge in [0.2, 0.25) is 0 Å². The zero-order valence-corrected chi connectivity index (χ0v) is 12.5. The number of benzene rings is 1. The minimum atomic E-state index is -0.379. The molecule has 1 saturated heterocycles. The van der Waals surface area contributed by atoms with Crippen LogP contribution in [0.25, 0.3) is 0 Å². The van der Waals surface area contributed by atoms with Gasteiger partial charge in [-0.15, -0.1) is 0 Å². The predicted molar refractivity (Wildman–Crippen MR) is 81.6 cm³/mol. The van der Waals surface area contributed by atoms with E-state index in [1.165, 1.54) is 32.0 Å². The molecule has 1 aromatic rings. The second-order valence-electron chi connectivity index (χ2n) is 5.33. The number of likely N-dealkylation sites (tertiary alicyclic amines) is 1. The fourth-order valence-electron chi connectivity index (χ4n) is 2.63. The molecular formula is C15H23N3O3. The Kier molecular flexibility index (Phi) is 5.95. The van der Waals surface area contributed by atoms with Crippen molar-refractivity contribution in [3.63, 3.8) is 0 Å². The monoisotopic (exact) mass is 293 g/mol. The molecule has 0 spiro atoms. The van der Waals surface area contributed by atoms with Crippen LogP contribution >= 0.6 is 0 Å². The minimum absolute atomic E-state index is 0.102. The van der Waals surface area contributed by atoms with Gasteiger partial charge in [0.05, 0.1) is 11.5 Å². The van der Waals surface area contributed by atoms with Crippen molar-refractivity contribution in [1.29, 1.82) is 0 Å². The van der Waals surface area contributed by atoms with Crippen molar-refractivity contribution < 1.29 is 9.66 Å². The number of rotatable bonds is 8. The van der Waals surface area contributed by atoms with Crippen molar-refractivity contribution in [2.45, 2.75) is 25.8 Å². The zero-order chi connectivity index (χ0) is 15.1. The van der Waals surface area contributed by atoms with Crippen LogP contribution in [0.2, 0.25) is 0 Å². The smallest absolute Gasteiger partial charge is 0.270 e. The summed E-state index contributed by atoms with van der Waals surface area (Å²) in [7, 11) is 1.82. The van der Waals surface area contributed by atoms with Gasteiger partial charge in [-0.25, -0.2) is 0 Å². The van der Waals surface area contributed by atoms with E-state index in [0.29, 0.717) is 13.2 Å². The van der Waals surface area contributed by atoms with Crippen LogP contribution in [0.4, 0.5) is 5.69 Å². The lowest BCUT2D eigenvalue weighted by atomic mass is 10.1. The number of ether oxygens (including phenoxy) is 1. The van der Waals surface area contributed by atoms with Crippen molar-refractivity contribution in [3.8, 4) is 5.75 Å². The van der Waals surface area contributed by atoms with Crippen molar-refractivity contribution >= 4 is 5.69 Å². The second kappa shape index (κ2) is 7.95. The molecule has 2 rings (SSSR count). The molecule has 6 nitrogen and oxygen atoms in total. The predicted octanol–water partition coefficient (Wildman–Crippen LogP) is 2.18. The molecule has 0 amide bonds. The third-order valence-corrected chi connectivity index (χ3v) is 3.70. The lowest BCUT2D eigenvalue weighted by molar-refractivity contribution is -0.384. The van der Waals surface area contributed by atoms with E-state index < -0.39 is 0 Å². The number of hydrogen-bond acceptors (Lipinski definition) is 5. The van der Waals surface area contributed by atoms with E-state index in [4.69, 9.17) is 4.74 Å². The highest BCUT2D eigenvalue weighted by Gasteiger charge is 2.13. The van der Waals surface area contributed by atoms with E-state index in [2.05, 4.69) is 10.2 Å². The molecule has 6 heteroatoms. The lowest BCUT2D eigenvalue weighted by Crippen LogP contribution is -2.22. The van der Waals surface area contributed by atoms with Gasteiger partial charge < -0.3 is 15.0 Å². The van der Waals surface area contributed by atoms with Crippen molar-refractivity contribution in [1.82, 2.24) is 10.2 Å². The Morgan fingerprint density at radius 3 is 2.81 bits per heavy atom. The number of nitrogens with zero attached hydrogens (tertiary/aromatic N) is 2. The fraction of sp³-hybridized carbons (Fsp3) is 0.600. The fourth-order valence-corrected chi connectivity index (χ4v) is 2.63. The van der Waals surface area contributed by atoms with Crippen LogP contribution in [-0.2, 0) is 6.54 Å². The maximum atomic E-state index is 10.8. The Morgan fingerprint density at radius 1 is 1.38 bits per heavy atom. The molecule has 1 aliphatic heterocycles. The summed E-state index contributed by atoms with van der Waals surface area (Å²) in [5, 5.41) is 13.8. The van der Waals surface area contributed by atoms with E-state index in [1.807, 2.05) is 7.05 Å². The highest BCUT2D eigenvalue weighted by Crippen LogP contribution is 2.24. The highest BCUT2D eigenvalue weighted by atomic mass is 16.6. The van der Waals surface area contributed by atoms with Gasteiger partial charge in [-0.1, -0.05) is 0 Å². The van der Waals surface area contributed by atoms with Gasteiger partial charge in [-0.2, -0.15) is 0 Å². The normalized spacial score (nSPS) is 15.3. The second-order valence-corrected chi connectivity index (χ2v) is 5.33. The number of hydrogen-bond donors (Lipinski definition) is 1. The van der Waals surface area contributed by atoms with Gasteiger partial charge in [0.1, 0.15) is 5.75 Å². The first-order valence-electron chi connectivity index (χ1n) is 7.48. The van der Waals surface area contributed by atoms with Crippen LogP contribution < -0.4 is 10.1 Å². The summed E-state index contributed by atoms with van der Waals surface area (Å²) in [4.78, 5) is 12.9. The number of non-ortho nitro benzene ring substituents is 1. The van der Waals surface area contributed by atoms with Crippen molar-refractivity contribution in [2.24, 2.45) is 0 Å². The van der Waals surface area contributed by atoms with Gasteiger partial charge in [-0.3, -0.25) is 10.1 Å². The Balaban J connectivity index is 1.87. The summed E-state index contributed by atoms with van der Waals surface area (Å²) in [6, 6.07) is 4.77. The molecule has 1 N–H and O–H groups in total. The van der Waals surface area contributed by atoms with E-state index in [0.717, 1.165) is 24.3 Å². The summed E-state index contributed by atoms with van der Waals surface area (Å²) in [5.74, 6) is 0.733. The summed E-state index contributed by atoms with van der Waals surface area (Å²) >= 11 is 0. The Hall–Kier alpha value is -1.66. The summed E-state index contributed by atoms with van der Waals surface area (Å²) in [5.41, 5.74) is 0.928. The maximum absolute atomic E-state index is 10.8. The van der Waals surface area contributed by atoms with E-state index in [1.54, 1.807) is 12.1 Å². The van der Waals surface area contributed by atoms with Crippen LogP contribution in [0.3, 0.4) is 0 Å². The van der Waals surface area contributed by atoms with Crippen LogP contribution in [0.1, 0.15) is 24.8 Å². The van der Waals surface area contributed by atoms with Gasteiger partial charge in [0.15, 0.2) is 0 Å². The highest BCUT2D eigenvalue weighted by molar-refractivity contribution is 5.43. The molecule has 21 heavy (non-hydrogen) atoms. The summed E-state index contributed by atoms with van der Waals surface area (Å²) < 4.78 is 5.79. The molecule has 0 saturated carbocycles. The molecular weight excluding hydrogens is 270 g/mol. The Bertz CT molecular complexity index is 473. The third-order valence-electron chi connectivity index (χ3n) is 3.70. The molecule has 1 aliphatic rings. The van der Waals surface area contributed by atoms with Crippen LogP contribution in [-0.4, -0.2) is 43.1 Å². The molecule has 116 valence electrons.